The highest BCUT2D eigenvalue weighted by Gasteiger charge is 2.13. The molecule has 1 aromatic rings. The van der Waals surface area contributed by atoms with Crippen molar-refractivity contribution in [1.82, 2.24) is 5.32 Å². The Hall–Kier alpha value is -1.07. The first-order chi connectivity index (χ1) is 7.67. The summed E-state index contributed by atoms with van der Waals surface area (Å²) in [5.74, 6) is 0.276. The maximum atomic E-state index is 8.53. The second-order valence-electron chi connectivity index (χ2n) is 3.80. The predicted molar refractivity (Wildman–Crippen MR) is 68.0 cm³/mol. The van der Waals surface area contributed by atoms with E-state index < -0.39 is 0 Å². The third kappa shape index (κ3) is 3.83. The molecule has 0 saturated heterocycles. The van der Waals surface area contributed by atoms with Crippen LogP contribution in [0.2, 0.25) is 0 Å². The van der Waals surface area contributed by atoms with Crippen LogP contribution in [0.25, 0.3) is 0 Å². The van der Waals surface area contributed by atoms with Gasteiger partial charge < -0.3 is 16.3 Å². The van der Waals surface area contributed by atoms with Crippen LogP contribution in [0.4, 0.5) is 0 Å². The first-order valence-electron chi connectivity index (χ1n) is 5.43. The molecule has 1 heterocycles. The molecule has 4 N–H and O–H groups in total. The SMILES string of the molecule is CCC(C/C(N)=N/O)N[C@@H](C)c1cccs1. The number of hydrogen-bond acceptors (Lipinski definition) is 4. The zero-order valence-corrected chi connectivity index (χ0v) is 10.5. The molecular formula is C11H19N3OS. The standard InChI is InChI=1S/C11H19N3OS/c1-3-9(7-11(12)14-15)13-8(2)10-5-4-6-16-10/h4-6,8-9,13,15H,3,7H2,1-2H3,(H2,12,14)/t8-,9?/m0/s1. The lowest BCUT2D eigenvalue weighted by Gasteiger charge is -2.21. The van der Waals surface area contributed by atoms with E-state index in [1.165, 1.54) is 4.88 Å². The topological polar surface area (TPSA) is 70.6 Å². The fourth-order valence-corrected chi connectivity index (χ4v) is 2.33. The fourth-order valence-electron chi connectivity index (χ4n) is 1.59. The van der Waals surface area contributed by atoms with E-state index in [9.17, 15) is 0 Å². The van der Waals surface area contributed by atoms with Gasteiger partial charge in [-0.1, -0.05) is 18.1 Å². The summed E-state index contributed by atoms with van der Waals surface area (Å²) in [6, 6.07) is 4.70. The smallest absolute Gasteiger partial charge is 0.140 e. The Labute approximate surface area is 100 Å². The van der Waals surface area contributed by atoms with Crippen LogP contribution in [0.1, 0.15) is 37.6 Å². The minimum atomic E-state index is 0.244. The summed E-state index contributed by atoms with van der Waals surface area (Å²) < 4.78 is 0. The summed E-state index contributed by atoms with van der Waals surface area (Å²) in [4.78, 5) is 1.30. The molecule has 0 aliphatic heterocycles. The van der Waals surface area contributed by atoms with Crippen LogP contribution < -0.4 is 11.1 Å². The van der Waals surface area contributed by atoms with E-state index in [0.29, 0.717) is 12.5 Å². The maximum Gasteiger partial charge on any atom is 0.140 e. The highest BCUT2D eigenvalue weighted by Crippen LogP contribution is 2.19. The van der Waals surface area contributed by atoms with Crippen LogP contribution in [0, 0.1) is 0 Å². The number of oxime groups is 1. The summed E-state index contributed by atoms with van der Waals surface area (Å²) in [5.41, 5.74) is 5.51. The molecule has 0 amide bonds. The molecule has 1 unspecified atom stereocenters. The van der Waals surface area contributed by atoms with Gasteiger partial charge in [-0.25, -0.2) is 0 Å². The first-order valence-corrected chi connectivity index (χ1v) is 6.31. The molecule has 2 atom stereocenters. The van der Waals surface area contributed by atoms with E-state index in [1.54, 1.807) is 11.3 Å². The van der Waals surface area contributed by atoms with Crippen LogP contribution in [-0.2, 0) is 0 Å². The molecule has 0 saturated carbocycles. The average Bonchev–Trinajstić information content (AvgIpc) is 2.81. The lowest BCUT2D eigenvalue weighted by Crippen LogP contribution is -2.34. The average molecular weight is 241 g/mol. The summed E-state index contributed by atoms with van der Waals surface area (Å²) in [5, 5.41) is 17.1. The van der Waals surface area contributed by atoms with Gasteiger partial charge in [0.15, 0.2) is 0 Å². The number of nitrogens with one attached hydrogen (secondary N) is 1. The summed E-state index contributed by atoms with van der Waals surface area (Å²) in [6.45, 7) is 4.21. The van der Waals surface area contributed by atoms with E-state index in [0.717, 1.165) is 6.42 Å². The Kier molecular flexibility index (Phi) is 5.28. The Balaban J connectivity index is 2.50. The third-order valence-electron chi connectivity index (χ3n) is 2.53. The van der Waals surface area contributed by atoms with Crippen molar-refractivity contribution in [2.45, 2.75) is 38.8 Å². The van der Waals surface area contributed by atoms with Gasteiger partial charge in [-0.2, -0.15) is 0 Å². The van der Waals surface area contributed by atoms with E-state index >= 15 is 0 Å². The van der Waals surface area contributed by atoms with Crippen molar-refractivity contribution in [3.8, 4) is 0 Å². The number of nitrogens with zero attached hydrogens (tertiary/aromatic N) is 1. The van der Waals surface area contributed by atoms with Gasteiger partial charge in [0.2, 0.25) is 0 Å². The van der Waals surface area contributed by atoms with Crippen molar-refractivity contribution in [2.75, 3.05) is 0 Å². The van der Waals surface area contributed by atoms with E-state index in [1.807, 2.05) is 6.07 Å². The minimum absolute atomic E-state index is 0.244. The second kappa shape index (κ2) is 6.50. The van der Waals surface area contributed by atoms with Crippen LogP contribution in [0.5, 0.6) is 0 Å². The fraction of sp³-hybridized carbons (Fsp3) is 0.545. The number of thiophene rings is 1. The number of rotatable bonds is 6. The lowest BCUT2D eigenvalue weighted by molar-refractivity contribution is 0.315. The van der Waals surface area contributed by atoms with Gasteiger partial charge in [-0.3, -0.25) is 0 Å². The zero-order valence-electron chi connectivity index (χ0n) is 9.68. The molecule has 16 heavy (non-hydrogen) atoms. The number of nitrogens with two attached hydrogens (primary N) is 1. The molecule has 0 bridgehead atoms. The van der Waals surface area contributed by atoms with Gasteiger partial charge in [-0.05, 0) is 24.8 Å². The molecule has 0 radical (unpaired) electrons. The van der Waals surface area contributed by atoms with Crippen molar-refractivity contribution in [3.63, 3.8) is 0 Å². The Morgan fingerprint density at radius 2 is 2.44 bits per heavy atom. The van der Waals surface area contributed by atoms with Crippen LogP contribution in [0.15, 0.2) is 22.7 Å². The van der Waals surface area contributed by atoms with E-state index in [2.05, 4.69) is 35.8 Å². The molecule has 0 aliphatic rings. The van der Waals surface area contributed by atoms with Gasteiger partial charge in [0.1, 0.15) is 5.84 Å². The Morgan fingerprint density at radius 1 is 1.69 bits per heavy atom. The second-order valence-corrected chi connectivity index (χ2v) is 4.78. The first kappa shape index (κ1) is 13.0. The quantitative estimate of drug-likeness (QED) is 0.310. The van der Waals surface area contributed by atoms with E-state index in [4.69, 9.17) is 10.9 Å². The molecular weight excluding hydrogens is 222 g/mol. The number of amidine groups is 1. The summed E-state index contributed by atoms with van der Waals surface area (Å²) in [7, 11) is 0. The number of hydrogen-bond donors (Lipinski definition) is 3. The van der Waals surface area contributed by atoms with Crippen LogP contribution >= 0.6 is 11.3 Å². The maximum absolute atomic E-state index is 8.53. The minimum Gasteiger partial charge on any atom is -0.409 e. The highest BCUT2D eigenvalue weighted by molar-refractivity contribution is 7.10. The van der Waals surface area contributed by atoms with Gasteiger partial charge in [0.25, 0.3) is 0 Å². The third-order valence-corrected chi connectivity index (χ3v) is 3.59. The van der Waals surface area contributed by atoms with Gasteiger partial charge >= 0.3 is 0 Å². The van der Waals surface area contributed by atoms with Gasteiger partial charge in [-0.15, -0.1) is 11.3 Å². The normalized spacial score (nSPS) is 16.0. The van der Waals surface area contributed by atoms with Gasteiger partial charge in [0, 0.05) is 23.4 Å². The van der Waals surface area contributed by atoms with E-state index in [-0.39, 0.29) is 11.9 Å². The molecule has 0 aliphatic carbocycles. The largest absolute Gasteiger partial charge is 0.409 e. The van der Waals surface area contributed by atoms with Gasteiger partial charge in [0.05, 0.1) is 0 Å². The van der Waals surface area contributed by atoms with Crippen molar-refractivity contribution in [2.24, 2.45) is 10.9 Å². The van der Waals surface area contributed by atoms with Crippen LogP contribution in [-0.4, -0.2) is 17.1 Å². The van der Waals surface area contributed by atoms with Crippen molar-refractivity contribution >= 4 is 17.2 Å². The lowest BCUT2D eigenvalue weighted by atomic mass is 10.1. The molecule has 1 rings (SSSR count). The predicted octanol–water partition coefficient (Wildman–Crippen LogP) is 2.31. The Morgan fingerprint density at radius 3 is 2.94 bits per heavy atom. The monoisotopic (exact) mass is 241 g/mol. The Bertz CT molecular complexity index is 324. The summed E-state index contributed by atoms with van der Waals surface area (Å²) in [6.07, 6.45) is 1.52. The molecule has 0 fully saturated rings. The van der Waals surface area contributed by atoms with Crippen molar-refractivity contribution < 1.29 is 5.21 Å². The van der Waals surface area contributed by atoms with Crippen molar-refractivity contribution in [1.29, 1.82) is 0 Å². The molecule has 4 nitrogen and oxygen atoms in total. The zero-order chi connectivity index (χ0) is 12.0. The molecule has 90 valence electrons. The molecule has 5 heteroatoms. The summed E-state index contributed by atoms with van der Waals surface area (Å²) >= 11 is 1.73. The molecule has 0 aromatic carbocycles. The molecule has 1 aromatic heterocycles. The van der Waals surface area contributed by atoms with Crippen molar-refractivity contribution in [3.05, 3.63) is 22.4 Å². The van der Waals surface area contributed by atoms with Crippen LogP contribution in [0.3, 0.4) is 0 Å². The molecule has 0 spiro atoms. The highest BCUT2D eigenvalue weighted by atomic mass is 32.1.